The summed E-state index contributed by atoms with van der Waals surface area (Å²) in [4.78, 5) is 62.8. The van der Waals surface area contributed by atoms with Crippen molar-refractivity contribution < 1.29 is 28.6 Å². The Kier molecular flexibility index (Phi) is 13.5. The first-order valence-corrected chi connectivity index (χ1v) is 15.5. The number of hydrogen-bond acceptors (Lipinski definition) is 8. The van der Waals surface area contributed by atoms with E-state index in [2.05, 4.69) is 29.5 Å². The molecule has 6 unspecified atom stereocenters. The van der Waals surface area contributed by atoms with Crippen molar-refractivity contribution in [1.29, 1.82) is 0 Å². The van der Waals surface area contributed by atoms with Crippen LogP contribution in [0.15, 0.2) is 33.7 Å². The molecule has 0 radical (unpaired) electrons. The first kappa shape index (κ1) is 34.0. The second kappa shape index (κ2) is 17.0. The van der Waals surface area contributed by atoms with Gasteiger partial charge in [0.15, 0.2) is 11.9 Å². The van der Waals surface area contributed by atoms with Crippen LogP contribution in [0.4, 0.5) is 0 Å². The summed E-state index contributed by atoms with van der Waals surface area (Å²) in [6.07, 6.45) is 10.1. The van der Waals surface area contributed by atoms with Gasteiger partial charge in [-0.3, -0.25) is 28.7 Å². The van der Waals surface area contributed by atoms with Crippen molar-refractivity contribution in [3.63, 3.8) is 0 Å². The number of allylic oxidation sites excluding steroid dienone is 1. The molecule has 43 heavy (non-hydrogen) atoms. The fourth-order valence-electron chi connectivity index (χ4n) is 5.29. The van der Waals surface area contributed by atoms with Crippen LogP contribution in [-0.4, -0.2) is 57.9 Å². The van der Waals surface area contributed by atoms with Crippen molar-refractivity contribution in [3.05, 3.63) is 44.9 Å². The fourth-order valence-corrected chi connectivity index (χ4v) is 5.29. The molecule has 2 saturated heterocycles. The highest BCUT2D eigenvalue weighted by atomic mass is 16.7. The molecule has 13 nitrogen and oxygen atoms in total. The first-order chi connectivity index (χ1) is 20.6. The molecule has 2 fully saturated rings. The quantitative estimate of drug-likeness (QED) is 0.277. The van der Waals surface area contributed by atoms with Crippen molar-refractivity contribution in [2.24, 2.45) is 5.73 Å². The Morgan fingerprint density at radius 3 is 2.51 bits per heavy atom. The van der Waals surface area contributed by atoms with Crippen molar-refractivity contribution >= 4 is 17.7 Å². The summed E-state index contributed by atoms with van der Waals surface area (Å²) in [6.45, 7) is 6.41. The van der Waals surface area contributed by atoms with Gasteiger partial charge in [-0.15, -0.1) is 0 Å². The average molecular weight is 606 g/mol. The Morgan fingerprint density at radius 2 is 1.84 bits per heavy atom. The number of nitrogens with one attached hydrogen (secondary N) is 3. The Hall–Kier alpha value is -3.45. The third kappa shape index (κ3) is 10.3. The molecule has 4 heterocycles. The normalized spacial score (nSPS) is 26.1. The van der Waals surface area contributed by atoms with Crippen LogP contribution >= 0.6 is 0 Å². The van der Waals surface area contributed by atoms with E-state index in [1.165, 1.54) is 48.9 Å². The van der Waals surface area contributed by atoms with Crippen LogP contribution < -0.4 is 27.6 Å². The lowest BCUT2D eigenvalue weighted by atomic mass is 10.1. The van der Waals surface area contributed by atoms with Gasteiger partial charge < -0.3 is 30.6 Å². The van der Waals surface area contributed by atoms with Gasteiger partial charge in [0.05, 0.1) is 6.10 Å². The minimum absolute atomic E-state index is 0.00424. The van der Waals surface area contributed by atoms with Crippen LogP contribution in [0.25, 0.3) is 0 Å². The number of carbonyl (C=O) groups excluding carboxylic acids is 3. The number of ether oxygens (including phenoxy) is 3. The van der Waals surface area contributed by atoms with Gasteiger partial charge >= 0.3 is 5.69 Å². The molecule has 6 atom stereocenters. The van der Waals surface area contributed by atoms with Gasteiger partial charge in [0.25, 0.3) is 11.5 Å². The maximum Gasteiger partial charge on any atom is 0.330 e. The van der Waals surface area contributed by atoms with Gasteiger partial charge in [0.2, 0.25) is 18.1 Å². The molecule has 240 valence electrons. The highest BCUT2D eigenvalue weighted by Gasteiger charge is 2.39. The third-order valence-electron chi connectivity index (χ3n) is 7.67. The monoisotopic (exact) mass is 605 g/mol. The number of rotatable bonds is 11. The number of nitrogens with two attached hydrogens (primary N) is 1. The SMILES string of the molecule is CC1CCCC(NC(=O)C2=CCCC(OC(C(N)=O)C3CCC(n4ccc(=O)[nH]c4=O)O3)O2)C(=O)N1.CCCCCCC. The van der Waals surface area contributed by atoms with E-state index in [-0.39, 0.29) is 17.7 Å². The summed E-state index contributed by atoms with van der Waals surface area (Å²) >= 11 is 0. The van der Waals surface area contributed by atoms with Crippen molar-refractivity contribution in [2.75, 3.05) is 0 Å². The van der Waals surface area contributed by atoms with E-state index in [0.717, 1.165) is 12.8 Å². The number of primary amides is 1. The number of unbranched alkanes of at least 4 members (excludes halogenated alkanes) is 4. The number of H-pyrrole nitrogens is 1. The topological polar surface area (TPSA) is 184 Å². The van der Waals surface area contributed by atoms with E-state index < -0.39 is 53.8 Å². The molecule has 1 aromatic rings. The highest BCUT2D eigenvalue weighted by molar-refractivity contribution is 5.95. The average Bonchev–Trinajstić information content (AvgIpc) is 3.39. The predicted octanol–water partition coefficient (Wildman–Crippen LogP) is 2.26. The van der Waals surface area contributed by atoms with E-state index in [1.54, 1.807) is 6.08 Å². The van der Waals surface area contributed by atoms with E-state index in [1.807, 2.05) is 6.92 Å². The molecule has 0 saturated carbocycles. The second-order valence-corrected chi connectivity index (χ2v) is 11.3. The molecule has 4 rings (SSSR count). The minimum atomic E-state index is -1.19. The van der Waals surface area contributed by atoms with Gasteiger partial charge in [0, 0.05) is 24.7 Å². The summed E-state index contributed by atoms with van der Waals surface area (Å²) in [5, 5.41) is 5.57. The number of carbonyl (C=O) groups is 3. The summed E-state index contributed by atoms with van der Waals surface area (Å²) < 4.78 is 18.6. The van der Waals surface area contributed by atoms with Crippen LogP contribution in [0.5, 0.6) is 0 Å². The number of aromatic nitrogens is 2. The summed E-state index contributed by atoms with van der Waals surface area (Å²) in [5.74, 6) is -1.54. The zero-order valence-electron chi connectivity index (χ0n) is 25.5. The standard InChI is InChI=1S/C23H31N5O8.C7H16/c1-12-4-2-5-13(21(31)25-12)26-22(32)15-6-3-7-18(35-15)36-19(20(24)30)14-8-9-17(34-14)28-11-10-16(29)27-23(28)33;1-3-5-7-6-4-2/h6,10-14,17-19H,2-5,7-9H2,1H3,(H2,24,30)(H,25,31)(H,26,32)(H,27,29,33);3-7H2,1-2H3. The van der Waals surface area contributed by atoms with Crippen molar-refractivity contribution in [3.8, 4) is 0 Å². The summed E-state index contributed by atoms with van der Waals surface area (Å²) in [7, 11) is 0. The molecule has 13 heteroatoms. The van der Waals surface area contributed by atoms with E-state index in [0.29, 0.717) is 32.1 Å². The van der Waals surface area contributed by atoms with E-state index >= 15 is 0 Å². The first-order valence-electron chi connectivity index (χ1n) is 15.5. The Bertz CT molecular complexity index is 1220. The van der Waals surface area contributed by atoms with Crippen molar-refractivity contribution in [1.82, 2.24) is 20.2 Å². The molecule has 3 amide bonds. The number of amides is 3. The Balaban J connectivity index is 0.000000646. The predicted molar refractivity (Wildman–Crippen MR) is 159 cm³/mol. The molecular weight excluding hydrogens is 558 g/mol. The summed E-state index contributed by atoms with van der Waals surface area (Å²) in [5.41, 5.74) is 4.42. The van der Waals surface area contributed by atoms with Crippen LogP contribution in [0, 0.1) is 0 Å². The molecule has 5 N–H and O–H groups in total. The van der Waals surface area contributed by atoms with Crippen LogP contribution in [0.1, 0.15) is 104 Å². The van der Waals surface area contributed by atoms with Gasteiger partial charge in [-0.1, -0.05) is 46.0 Å². The number of hydrogen-bond donors (Lipinski definition) is 4. The lowest BCUT2D eigenvalue weighted by Gasteiger charge is -2.30. The largest absolute Gasteiger partial charge is 0.459 e. The molecule has 0 spiro atoms. The van der Waals surface area contributed by atoms with Crippen LogP contribution in [0.2, 0.25) is 0 Å². The molecular formula is C30H47N5O8. The maximum atomic E-state index is 12.8. The summed E-state index contributed by atoms with van der Waals surface area (Å²) in [6, 6.07) is 0.592. The Labute approximate surface area is 251 Å². The lowest BCUT2D eigenvalue weighted by molar-refractivity contribution is -0.194. The third-order valence-corrected chi connectivity index (χ3v) is 7.67. The van der Waals surface area contributed by atoms with Gasteiger partial charge in [-0.05, 0) is 51.5 Å². The zero-order chi connectivity index (χ0) is 31.4. The molecule has 0 aliphatic carbocycles. The molecule has 1 aromatic heterocycles. The molecule has 0 bridgehead atoms. The van der Waals surface area contributed by atoms with Gasteiger partial charge in [0.1, 0.15) is 12.3 Å². The number of aromatic amines is 1. The smallest absolute Gasteiger partial charge is 0.330 e. The number of nitrogens with zero attached hydrogens (tertiary/aromatic N) is 1. The van der Waals surface area contributed by atoms with E-state index in [9.17, 15) is 24.0 Å². The minimum Gasteiger partial charge on any atom is -0.459 e. The second-order valence-electron chi connectivity index (χ2n) is 11.3. The van der Waals surface area contributed by atoms with E-state index in [4.69, 9.17) is 19.9 Å². The molecule has 3 aliphatic heterocycles. The van der Waals surface area contributed by atoms with Gasteiger partial charge in [-0.2, -0.15) is 0 Å². The van der Waals surface area contributed by atoms with Crippen LogP contribution in [-0.2, 0) is 28.6 Å². The van der Waals surface area contributed by atoms with Crippen molar-refractivity contribution in [2.45, 2.75) is 135 Å². The zero-order valence-corrected chi connectivity index (χ0v) is 25.5. The lowest BCUT2D eigenvalue weighted by Crippen LogP contribution is -2.48. The molecule has 3 aliphatic rings. The Morgan fingerprint density at radius 1 is 1.09 bits per heavy atom. The fraction of sp³-hybridized carbons (Fsp3) is 0.700. The highest BCUT2D eigenvalue weighted by Crippen LogP contribution is 2.31. The van der Waals surface area contributed by atoms with Gasteiger partial charge in [-0.25, -0.2) is 4.79 Å². The maximum absolute atomic E-state index is 12.8. The molecule has 0 aromatic carbocycles. The van der Waals surface area contributed by atoms with Crippen LogP contribution in [0.3, 0.4) is 0 Å².